The minimum Gasteiger partial charge on any atom is -0.475 e. The predicted octanol–water partition coefficient (Wildman–Crippen LogP) is 2.99. The number of carboxylic acids is 1. The number of nitrogens with zero attached hydrogens (tertiary/aromatic N) is 2. The molecule has 0 saturated heterocycles. The van der Waals surface area contributed by atoms with Crippen LogP contribution in [0.2, 0.25) is 0 Å². The fourth-order valence-corrected chi connectivity index (χ4v) is 2.56. The Labute approximate surface area is 115 Å². The van der Waals surface area contributed by atoms with Gasteiger partial charge in [0.25, 0.3) is 0 Å². The minimum absolute atomic E-state index is 0.00283. The predicted molar refractivity (Wildman–Crippen MR) is 71.5 cm³/mol. The van der Waals surface area contributed by atoms with Crippen LogP contribution in [0.15, 0.2) is 21.7 Å². The van der Waals surface area contributed by atoms with Crippen molar-refractivity contribution in [3.05, 3.63) is 40.6 Å². The van der Waals surface area contributed by atoms with Crippen molar-refractivity contribution in [3.63, 3.8) is 0 Å². The summed E-state index contributed by atoms with van der Waals surface area (Å²) in [4.78, 5) is 19.5. The molecular formula is C13H14N2O3S. The molecule has 6 heteroatoms. The fourth-order valence-electron chi connectivity index (χ4n) is 1.73. The molecule has 0 aliphatic carbocycles. The van der Waals surface area contributed by atoms with Crippen LogP contribution in [-0.4, -0.2) is 21.0 Å². The summed E-state index contributed by atoms with van der Waals surface area (Å²) in [6.45, 7) is 5.55. The maximum Gasteiger partial charge on any atom is 0.372 e. The van der Waals surface area contributed by atoms with Gasteiger partial charge in [0, 0.05) is 17.0 Å². The summed E-state index contributed by atoms with van der Waals surface area (Å²) >= 11 is 1.43. The lowest BCUT2D eigenvalue weighted by atomic mass is 10.3. The van der Waals surface area contributed by atoms with Gasteiger partial charge in [0.2, 0.25) is 5.76 Å². The van der Waals surface area contributed by atoms with Gasteiger partial charge in [-0.2, -0.15) is 0 Å². The van der Waals surface area contributed by atoms with Crippen molar-refractivity contribution in [1.29, 1.82) is 0 Å². The molecule has 0 atom stereocenters. The number of furan rings is 1. The second-order valence-electron chi connectivity index (χ2n) is 4.25. The standard InChI is InChI=1S/C13H14N2O3S/c1-7-4-10(18-11(7)12(16)17)6-19-13-14-8(2)5-9(3)15-13/h4-5H,6H2,1-3H3,(H,16,17). The largest absolute Gasteiger partial charge is 0.475 e. The summed E-state index contributed by atoms with van der Waals surface area (Å²) in [5.74, 6) is 0.0767. The van der Waals surface area contributed by atoms with Crippen LogP contribution in [0.5, 0.6) is 0 Å². The lowest BCUT2D eigenvalue weighted by Gasteiger charge is -2.01. The van der Waals surface area contributed by atoms with Crippen LogP contribution < -0.4 is 0 Å². The lowest BCUT2D eigenvalue weighted by molar-refractivity contribution is 0.0659. The zero-order chi connectivity index (χ0) is 14.0. The highest BCUT2D eigenvalue weighted by Gasteiger charge is 2.14. The van der Waals surface area contributed by atoms with Crippen molar-refractivity contribution < 1.29 is 14.3 Å². The van der Waals surface area contributed by atoms with Crippen LogP contribution in [0.1, 0.15) is 33.3 Å². The molecule has 2 heterocycles. The maximum absolute atomic E-state index is 10.9. The molecule has 0 radical (unpaired) electrons. The normalized spacial score (nSPS) is 10.7. The van der Waals surface area contributed by atoms with Crippen LogP contribution in [0.25, 0.3) is 0 Å². The smallest absolute Gasteiger partial charge is 0.372 e. The van der Waals surface area contributed by atoms with Gasteiger partial charge in [0.05, 0.1) is 5.75 Å². The number of hydrogen-bond acceptors (Lipinski definition) is 5. The molecule has 0 spiro atoms. The molecule has 0 fully saturated rings. The van der Waals surface area contributed by atoms with E-state index in [0.717, 1.165) is 11.4 Å². The van der Waals surface area contributed by atoms with E-state index < -0.39 is 5.97 Å². The molecular weight excluding hydrogens is 264 g/mol. The molecule has 2 aromatic heterocycles. The molecule has 0 aliphatic rings. The Morgan fingerprint density at radius 3 is 2.42 bits per heavy atom. The third kappa shape index (κ3) is 3.35. The Morgan fingerprint density at radius 1 is 1.26 bits per heavy atom. The number of carboxylic acid groups (broad SMARTS) is 1. The fraction of sp³-hybridized carbons (Fsp3) is 0.308. The van der Waals surface area contributed by atoms with Crippen molar-refractivity contribution in [2.24, 2.45) is 0 Å². The van der Waals surface area contributed by atoms with Gasteiger partial charge in [-0.25, -0.2) is 14.8 Å². The van der Waals surface area contributed by atoms with Gasteiger partial charge in [-0.15, -0.1) is 0 Å². The average Bonchev–Trinajstić information content (AvgIpc) is 2.67. The zero-order valence-corrected chi connectivity index (χ0v) is 11.7. The Balaban J connectivity index is 2.10. The summed E-state index contributed by atoms with van der Waals surface area (Å²) < 4.78 is 5.28. The van der Waals surface area contributed by atoms with Gasteiger partial charge in [-0.05, 0) is 32.9 Å². The number of aromatic carboxylic acids is 1. The number of aryl methyl sites for hydroxylation is 3. The van der Waals surface area contributed by atoms with E-state index in [2.05, 4.69) is 9.97 Å². The molecule has 0 aromatic carbocycles. The Kier molecular flexibility index (Phi) is 3.90. The first-order valence-corrected chi connectivity index (χ1v) is 6.72. The number of rotatable bonds is 4. The first-order chi connectivity index (χ1) is 8.95. The van der Waals surface area contributed by atoms with E-state index in [1.54, 1.807) is 13.0 Å². The summed E-state index contributed by atoms with van der Waals surface area (Å²) in [7, 11) is 0. The Hall–Kier alpha value is -1.82. The molecule has 19 heavy (non-hydrogen) atoms. The number of hydrogen-bond donors (Lipinski definition) is 1. The number of aromatic nitrogens is 2. The van der Waals surface area contributed by atoms with Crippen molar-refractivity contribution in [2.45, 2.75) is 31.7 Å². The molecule has 0 amide bonds. The maximum atomic E-state index is 10.9. The number of thioether (sulfide) groups is 1. The summed E-state index contributed by atoms with van der Waals surface area (Å²) in [6, 6.07) is 3.64. The van der Waals surface area contributed by atoms with Crippen molar-refractivity contribution in [2.75, 3.05) is 0 Å². The lowest BCUT2D eigenvalue weighted by Crippen LogP contribution is -1.95. The quantitative estimate of drug-likeness (QED) is 0.684. The van der Waals surface area contributed by atoms with E-state index in [4.69, 9.17) is 9.52 Å². The van der Waals surface area contributed by atoms with Gasteiger partial charge in [-0.1, -0.05) is 11.8 Å². The average molecular weight is 278 g/mol. The van der Waals surface area contributed by atoms with E-state index in [0.29, 0.717) is 22.2 Å². The van der Waals surface area contributed by atoms with Gasteiger partial charge in [0.15, 0.2) is 5.16 Å². The molecule has 0 aliphatic heterocycles. The van der Waals surface area contributed by atoms with E-state index >= 15 is 0 Å². The third-order valence-electron chi connectivity index (χ3n) is 2.47. The second kappa shape index (κ2) is 5.44. The van der Waals surface area contributed by atoms with Crippen LogP contribution >= 0.6 is 11.8 Å². The Morgan fingerprint density at radius 2 is 1.89 bits per heavy atom. The highest BCUT2D eigenvalue weighted by Crippen LogP contribution is 2.23. The summed E-state index contributed by atoms with van der Waals surface area (Å²) in [6.07, 6.45) is 0. The van der Waals surface area contributed by atoms with Crippen molar-refractivity contribution >= 4 is 17.7 Å². The van der Waals surface area contributed by atoms with Gasteiger partial charge < -0.3 is 9.52 Å². The van der Waals surface area contributed by atoms with Crippen molar-refractivity contribution in [3.8, 4) is 0 Å². The SMILES string of the molecule is Cc1cc(C)nc(SCc2cc(C)c(C(=O)O)o2)n1. The van der Waals surface area contributed by atoms with Gasteiger partial charge in [0.1, 0.15) is 5.76 Å². The molecule has 0 unspecified atom stereocenters. The van der Waals surface area contributed by atoms with Crippen LogP contribution in [-0.2, 0) is 5.75 Å². The van der Waals surface area contributed by atoms with E-state index in [1.807, 2.05) is 19.9 Å². The molecule has 2 aromatic rings. The minimum atomic E-state index is -1.05. The van der Waals surface area contributed by atoms with Crippen LogP contribution in [0, 0.1) is 20.8 Å². The van der Waals surface area contributed by atoms with Crippen LogP contribution in [0.4, 0.5) is 0 Å². The highest BCUT2D eigenvalue weighted by atomic mass is 32.2. The second-order valence-corrected chi connectivity index (χ2v) is 5.19. The van der Waals surface area contributed by atoms with E-state index in [9.17, 15) is 4.79 Å². The monoisotopic (exact) mass is 278 g/mol. The zero-order valence-electron chi connectivity index (χ0n) is 10.9. The Bertz CT molecular complexity index is 602. The topological polar surface area (TPSA) is 76.2 Å². The first-order valence-electron chi connectivity index (χ1n) is 5.73. The summed E-state index contributed by atoms with van der Waals surface area (Å²) in [5, 5.41) is 9.58. The number of carbonyl (C=O) groups is 1. The van der Waals surface area contributed by atoms with Crippen LogP contribution in [0.3, 0.4) is 0 Å². The molecule has 0 saturated carbocycles. The van der Waals surface area contributed by atoms with Gasteiger partial charge >= 0.3 is 5.97 Å². The molecule has 0 bridgehead atoms. The first kappa shape index (κ1) is 13.6. The molecule has 5 nitrogen and oxygen atoms in total. The highest BCUT2D eigenvalue weighted by molar-refractivity contribution is 7.98. The summed E-state index contributed by atoms with van der Waals surface area (Å²) in [5.41, 5.74) is 2.46. The molecule has 2 rings (SSSR count). The van der Waals surface area contributed by atoms with Gasteiger partial charge in [-0.3, -0.25) is 0 Å². The van der Waals surface area contributed by atoms with Crippen molar-refractivity contribution in [1.82, 2.24) is 9.97 Å². The van der Waals surface area contributed by atoms with E-state index in [1.165, 1.54) is 11.8 Å². The van der Waals surface area contributed by atoms with E-state index in [-0.39, 0.29) is 5.76 Å². The molecule has 1 N–H and O–H groups in total. The molecule has 100 valence electrons. The third-order valence-corrected chi connectivity index (χ3v) is 3.34.